The van der Waals surface area contributed by atoms with Gasteiger partial charge in [-0.15, -0.1) is 0 Å². The SMILES string of the molecule is COc1ccc(C(=O)NCCc2nc3ccccc3[nH]2)c(OC)c1OC. The van der Waals surface area contributed by atoms with Crippen molar-refractivity contribution in [3.05, 3.63) is 47.8 Å². The van der Waals surface area contributed by atoms with Gasteiger partial charge >= 0.3 is 0 Å². The van der Waals surface area contributed by atoms with Crippen LogP contribution in [0.5, 0.6) is 17.2 Å². The zero-order valence-electron chi connectivity index (χ0n) is 15.0. The van der Waals surface area contributed by atoms with Crippen LogP contribution in [0.2, 0.25) is 0 Å². The number of hydrogen-bond acceptors (Lipinski definition) is 5. The Labute approximate surface area is 151 Å². The van der Waals surface area contributed by atoms with Crippen molar-refractivity contribution < 1.29 is 19.0 Å². The van der Waals surface area contributed by atoms with Gasteiger partial charge in [-0.05, 0) is 24.3 Å². The summed E-state index contributed by atoms with van der Waals surface area (Å²) in [5, 5.41) is 2.88. The summed E-state index contributed by atoms with van der Waals surface area (Å²) in [5.41, 5.74) is 2.28. The van der Waals surface area contributed by atoms with Crippen LogP contribution in [0, 0.1) is 0 Å². The molecule has 0 aliphatic carbocycles. The molecule has 1 amide bonds. The molecule has 136 valence electrons. The molecule has 0 bridgehead atoms. The monoisotopic (exact) mass is 355 g/mol. The van der Waals surface area contributed by atoms with Crippen LogP contribution in [0.1, 0.15) is 16.2 Å². The number of nitrogens with one attached hydrogen (secondary N) is 2. The van der Waals surface area contributed by atoms with Crippen molar-refractivity contribution in [1.82, 2.24) is 15.3 Å². The number of benzene rings is 2. The number of rotatable bonds is 7. The highest BCUT2D eigenvalue weighted by Gasteiger charge is 2.20. The number of para-hydroxylation sites is 2. The number of amides is 1. The number of ether oxygens (including phenoxy) is 3. The molecule has 26 heavy (non-hydrogen) atoms. The fourth-order valence-electron chi connectivity index (χ4n) is 2.79. The molecule has 0 spiro atoms. The van der Waals surface area contributed by atoms with Gasteiger partial charge in [0.15, 0.2) is 11.5 Å². The third-order valence-electron chi connectivity index (χ3n) is 4.03. The summed E-state index contributed by atoms with van der Waals surface area (Å²) in [6.45, 7) is 0.441. The van der Waals surface area contributed by atoms with Crippen LogP contribution in [0.25, 0.3) is 11.0 Å². The van der Waals surface area contributed by atoms with Crippen LogP contribution in [0.15, 0.2) is 36.4 Å². The van der Waals surface area contributed by atoms with E-state index in [2.05, 4.69) is 15.3 Å². The number of hydrogen-bond donors (Lipinski definition) is 2. The van der Waals surface area contributed by atoms with Crippen LogP contribution < -0.4 is 19.5 Å². The predicted octanol–water partition coefficient (Wildman–Crippen LogP) is 2.56. The van der Waals surface area contributed by atoms with Crippen molar-refractivity contribution in [3.8, 4) is 17.2 Å². The van der Waals surface area contributed by atoms with Gasteiger partial charge in [0.25, 0.3) is 5.91 Å². The topological polar surface area (TPSA) is 85.5 Å². The van der Waals surface area contributed by atoms with E-state index in [0.717, 1.165) is 16.9 Å². The standard InChI is InChI=1S/C19H21N3O4/c1-24-15-9-8-12(17(25-2)18(15)26-3)19(23)20-11-10-16-21-13-6-4-5-7-14(13)22-16/h4-9H,10-11H2,1-3H3,(H,20,23)(H,21,22). The molecule has 7 heteroatoms. The Morgan fingerprint density at radius 2 is 1.81 bits per heavy atom. The molecule has 3 rings (SSSR count). The molecule has 0 unspecified atom stereocenters. The van der Waals surface area contributed by atoms with Gasteiger partial charge in [0.2, 0.25) is 5.75 Å². The molecule has 0 atom stereocenters. The molecule has 0 fully saturated rings. The first-order valence-electron chi connectivity index (χ1n) is 8.18. The summed E-state index contributed by atoms with van der Waals surface area (Å²) >= 11 is 0. The fraction of sp³-hybridized carbons (Fsp3) is 0.263. The van der Waals surface area contributed by atoms with Gasteiger partial charge in [0.1, 0.15) is 5.82 Å². The average Bonchev–Trinajstić information content (AvgIpc) is 3.09. The summed E-state index contributed by atoms with van der Waals surface area (Å²) in [7, 11) is 4.52. The van der Waals surface area contributed by atoms with E-state index in [1.807, 2.05) is 24.3 Å². The minimum atomic E-state index is -0.251. The van der Waals surface area contributed by atoms with Crippen LogP contribution in [-0.2, 0) is 6.42 Å². The first-order chi connectivity index (χ1) is 12.7. The normalized spacial score (nSPS) is 10.6. The maximum absolute atomic E-state index is 12.5. The third-order valence-corrected chi connectivity index (χ3v) is 4.03. The Hall–Kier alpha value is -3.22. The second-order valence-corrected chi connectivity index (χ2v) is 5.59. The minimum absolute atomic E-state index is 0.251. The van der Waals surface area contributed by atoms with Crippen molar-refractivity contribution in [2.45, 2.75) is 6.42 Å². The summed E-state index contributed by atoms with van der Waals surface area (Å²) in [6, 6.07) is 11.1. The highest BCUT2D eigenvalue weighted by Crippen LogP contribution is 2.39. The Balaban J connectivity index is 1.69. The van der Waals surface area contributed by atoms with Gasteiger partial charge < -0.3 is 24.5 Å². The lowest BCUT2D eigenvalue weighted by Crippen LogP contribution is -2.26. The second-order valence-electron chi connectivity index (χ2n) is 5.59. The van der Waals surface area contributed by atoms with E-state index in [4.69, 9.17) is 14.2 Å². The second kappa shape index (κ2) is 7.77. The van der Waals surface area contributed by atoms with Gasteiger partial charge in [0, 0.05) is 13.0 Å². The summed E-state index contributed by atoms with van der Waals surface area (Å²) < 4.78 is 15.9. The van der Waals surface area contributed by atoms with Crippen molar-refractivity contribution in [1.29, 1.82) is 0 Å². The number of fused-ring (bicyclic) bond motifs is 1. The van der Waals surface area contributed by atoms with E-state index in [0.29, 0.717) is 35.8 Å². The number of methoxy groups -OCH3 is 3. The molecule has 1 aromatic heterocycles. The van der Waals surface area contributed by atoms with Crippen LogP contribution in [0.4, 0.5) is 0 Å². The molecule has 0 aliphatic heterocycles. The lowest BCUT2D eigenvalue weighted by atomic mass is 10.1. The van der Waals surface area contributed by atoms with Gasteiger partial charge in [-0.3, -0.25) is 4.79 Å². The van der Waals surface area contributed by atoms with Gasteiger partial charge in [-0.1, -0.05) is 12.1 Å². The van der Waals surface area contributed by atoms with Crippen molar-refractivity contribution in [2.75, 3.05) is 27.9 Å². The molecule has 3 aromatic rings. The van der Waals surface area contributed by atoms with Crippen molar-refractivity contribution >= 4 is 16.9 Å². The highest BCUT2D eigenvalue weighted by atomic mass is 16.5. The maximum Gasteiger partial charge on any atom is 0.255 e. The lowest BCUT2D eigenvalue weighted by molar-refractivity contribution is 0.0950. The zero-order valence-corrected chi connectivity index (χ0v) is 15.0. The van der Waals surface area contributed by atoms with Crippen molar-refractivity contribution in [3.63, 3.8) is 0 Å². The molecular formula is C19H21N3O4. The fourth-order valence-corrected chi connectivity index (χ4v) is 2.79. The van der Waals surface area contributed by atoms with Gasteiger partial charge in [-0.25, -0.2) is 4.98 Å². The Morgan fingerprint density at radius 1 is 1.04 bits per heavy atom. The van der Waals surface area contributed by atoms with E-state index < -0.39 is 0 Å². The summed E-state index contributed by atoms with van der Waals surface area (Å²) in [6.07, 6.45) is 0.593. The van der Waals surface area contributed by atoms with E-state index in [9.17, 15) is 4.79 Å². The van der Waals surface area contributed by atoms with Crippen LogP contribution in [0.3, 0.4) is 0 Å². The first kappa shape index (κ1) is 17.6. The molecule has 0 radical (unpaired) electrons. The third kappa shape index (κ3) is 3.42. The molecule has 0 saturated heterocycles. The number of carbonyl (C=O) groups is 1. The number of carbonyl (C=O) groups excluding carboxylic acids is 1. The Kier molecular flexibility index (Phi) is 5.26. The molecule has 2 aromatic carbocycles. The number of aromatic amines is 1. The predicted molar refractivity (Wildman–Crippen MR) is 98.2 cm³/mol. The molecule has 0 aliphatic rings. The molecule has 2 N–H and O–H groups in total. The molecule has 7 nitrogen and oxygen atoms in total. The van der Waals surface area contributed by atoms with Gasteiger partial charge in [0.05, 0.1) is 37.9 Å². The van der Waals surface area contributed by atoms with Crippen molar-refractivity contribution in [2.24, 2.45) is 0 Å². The largest absolute Gasteiger partial charge is 0.493 e. The number of imidazole rings is 1. The number of H-pyrrole nitrogens is 1. The van der Waals surface area contributed by atoms with E-state index in [1.54, 1.807) is 12.1 Å². The minimum Gasteiger partial charge on any atom is -0.493 e. The van der Waals surface area contributed by atoms with E-state index >= 15 is 0 Å². The van der Waals surface area contributed by atoms with Crippen LogP contribution >= 0.6 is 0 Å². The van der Waals surface area contributed by atoms with E-state index in [1.165, 1.54) is 21.3 Å². The summed E-state index contributed by atoms with van der Waals surface area (Å²) in [4.78, 5) is 20.3. The van der Waals surface area contributed by atoms with E-state index in [-0.39, 0.29) is 5.91 Å². The number of aromatic nitrogens is 2. The van der Waals surface area contributed by atoms with Crippen LogP contribution in [-0.4, -0.2) is 43.7 Å². The lowest BCUT2D eigenvalue weighted by Gasteiger charge is -2.15. The zero-order chi connectivity index (χ0) is 18.5. The van der Waals surface area contributed by atoms with Gasteiger partial charge in [-0.2, -0.15) is 0 Å². The Bertz CT molecular complexity index is 887. The molecule has 1 heterocycles. The number of nitrogens with zero attached hydrogens (tertiary/aromatic N) is 1. The molecular weight excluding hydrogens is 334 g/mol. The first-order valence-corrected chi connectivity index (χ1v) is 8.18. The Morgan fingerprint density at radius 3 is 2.50 bits per heavy atom. The highest BCUT2D eigenvalue weighted by molar-refractivity contribution is 5.98. The smallest absolute Gasteiger partial charge is 0.255 e. The molecule has 0 saturated carbocycles. The summed E-state index contributed by atoms with van der Waals surface area (Å²) in [5.74, 6) is 1.81. The average molecular weight is 355 g/mol. The maximum atomic E-state index is 12.5. The quantitative estimate of drug-likeness (QED) is 0.680.